The standard InChI is InChI=1S/C22H21ClF4N4O2/c1-31-20(18(23)13-29-31)17-12-16(5-6-19(17)33-10-9-28-8-7-24)30-21(32)14-3-2-4-15(11-14)22(25,26)27/h2-6,11-13,28H,7-10H2,1H3,(H,30,32). The van der Waals surface area contributed by atoms with Gasteiger partial charge in [0.1, 0.15) is 19.0 Å². The molecule has 1 heterocycles. The number of carbonyl (C=O) groups excluding carboxylic acids is 1. The Kier molecular flexibility index (Phi) is 7.93. The molecule has 0 saturated carbocycles. The number of anilines is 1. The molecule has 0 aliphatic rings. The van der Waals surface area contributed by atoms with Gasteiger partial charge in [-0.1, -0.05) is 17.7 Å². The van der Waals surface area contributed by atoms with Crippen LogP contribution in [0.25, 0.3) is 11.3 Å². The van der Waals surface area contributed by atoms with Crippen molar-refractivity contribution in [2.75, 3.05) is 31.7 Å². The minimum Gasteiger partial charge on any atom is -0.492 e. The predicted octanol–water partition coefficient (Wildman–Crippen LogP) is 4.95. The second-order valence-electron chi connectivity index (χ2n) is 7.00. The monoisotopic (exact) mass is 484 g/mol. The third-order valence-electron chi connectivity index (χ3n) is 4.65. The second-order valence-corrected chi connectivity index (χ2v) is 7.40. The summed E-state index contributed by atoms with van der Waals surface area (Å²) in [6.07, 6.45) is -3.10. The molecule has 1 aromatic heterocycles. The fourth-order valence-corrected chi connectivity index (χ4v) is 3.37. The van der Waals surface area contributed by atoms with E-state index >= 15 is 0 Å². The zero-order valence-electron chi connectivity index (χ0n) is 17.5. The number of ether oxygens (including phenoxy) is 1. The molecule has 0 saturated heterocycles. The maximum Gasteiger partial charge on any atom is 0.416 e. The highest BCUT2D eigenvalue weighted by Crippen LogP contribution is 2.37. The van der Waals surface area contributed by atoms with Gasteiger partial charge in [0.2, 0.25) is 0 Å². The minimum absolute atomic E-state index is 0.135. The van der Waals surface area contributed by atoms with Crippen molar-refractivity contribution in [3.05, 3.63) is 64.8 Å². The molecule has 0 unspecified atom stereocenters. The lowest BCUT2D eigenvalue weighted by atomic mass is 10.1. The van der Waals surface area contributed by atoms with Crippen molar-refractivity contribution in [2.24, 2.45) is 7.05 Å². The number of nitrogens with one attached hydrogen (secondary N) is 2. The van der Waals surface area contributed by atoms with Gasteiger partial charge in [0.15, 0.2) is 0 Å². The van der Waals surface area contributed by atoms with Gasteiger partial charge in [-0.3, -0.25) is 9.48 Å². The van der Waals surface area contributed by atoms with Crippen LogP contribution in [0.15, 0.2) is 48.7 Å². The first-order valence-corrected chi connectivity index (χ1v) is 10.3. The van der Waals surface area contributed by atoms with E-state index in [0.717, 1.165) is 12.1 Å². The van der Waals surface area contributed by atoms with Gasteiger partial charge in [0, 0.05) is 37.0 Å². The van der Waals surface area contributed by atoms with E-state index in [1.54, 1.807) is 25.2 Å². The molecule has 0 aliphatic heterocycles. The molecular weight excluding hydrogens is 464 g/mol. The molecule has 2 aromatic carbocycles. The van der Waals surface area contributed by atoms with Gasteiger partial charge in [-0.25, -0.2) is 4.39 Å². The quantitative estimate of drug-likeness (QED) is 0.333. The van der Waals surface area contributed by atoms with E-state index in [1.165, 1.54) is 23.0 Å². The number of rotatable bonds is 9. The largest absolute Gasteiger partial charge is 0.492 e. The Labute approximate surface area is 192 Å². The van der Waals surface area contributed by atoms with Crippen molar-refractivity contribution in [1.29, 1.82) is 0 Å². The highest BCUT2D eigenvalue weighted by molar-refractivity contribution is 6.33. The molecule has 0 fully saturated rings. The van der Waals surface area contributed by atoms with E-state index in [2.05, 4.69) is 15.7 Å². The van der Waals surface area contributed by atoms with E-state index < -0.39 is 24.3 Å². The molecule has 3 rings (SSSR count). The fraction of sp³-hybridized carbons (Fsp3) is 0.273. The van der Waals surface area contributed by atoms with Crippen LogP contribution in [0, 0.1) is 0 Å². The first-order valence-electron chi connectivity index (χ1n) is 9.90. The summed E-state index contributed by atoms with van der Waals surface area (Å²) in [5.41, 5.74) is 0.324. The summed E-state index contributed by atoms with van der Waals surface area (Å²) >= 11 is 6.28. The third kappa shape index (κ3) is 6.23. The van der Waals surface area contributed by atoms with E-state index in [0.29, 0.717) is 34.3 Å². The number of halogens is 5. The van der Waals surface area contributed by atoms with Gasteiger partial charge in [0.25, 0.3) is 5.91 Å². The summed E-state index contributed by atoms with van der Waals surface area (Å²) in [5, 5.41) is 9.93. The smallest absolute Gasteiger partial charge is 0.416 e. The lowest BCUT2D eigenvalue weighted by Crippen LogP contribution is -2.23. The molecule has 11 heteroatoms. The Bertz CT molecular complexity index is 1100. The van der Waals surface area contributed by atoms with E-state index in [-0.39, 0.29) is 18.7 Å². The number of hydrogen-bond donors (Lipinski definition) is 2. The highest BCUT2D eigenvalue weighted by Gasteiger charge is 2.31. The molecule has 33 heavy (non-hydrogen) atoms. The first kappa shape index (κ1) is 24.5. The first-order chi connectivity index (χ1) is 15.7. The number of aryl methyl sites for hydroxylation is 1. The third-order valence-corrected chi connectivity index (χ3v) is 4.92. The van der Waals surface area contributed by atoms with Gasteiger partial charge in [0.05, 0.1) is 22.5 Å². The van der Waals surface area contributed by atoms with Crippen LogP contribution < -0.4 is 15.4 Å². The van der Waals surface area contributed by atoms with E-state index in [4.69, 9.17) is 16.3 Å². The average Bonchev–Trinajstić information content (AvgIpc) is 3.11. The van der Waals surface area contributed by atoms with Crippen LogP contribution in [0.5, 0.6) is 5.75 Å². The van der Waals surface area contributed by atoms with Crippen LogP contribution in [0.3, 0.4) is 0 Å². The Morgan fingerprint density at radius 1 is 1.18 bits per heavy atom. The van der Waals surface area contributed by atoms with Crippen molar-refractivity contribution in [1.82, 2.24) is 15.1 Å². The van der Waals surface area contributed by atoms with Crippen molar-refractivity contribution >= 4 is 23.2 Å². The Hall–Kier alpha value is -3.11. The summed E-state index contributed by atoms with van der Waals surface area (Å²) in [7, 11) is 1.68. The molecule has 0 atom stereocenters. The zero-order valence-corrected chi connectivity index (χ0v) is 18.3. The molecule has 176 valence electrons. The van der Waals surface area contributed by atoms with Crippen molar-refractivity contribution in [3.8, 4) is 17.0 Å². The van der Waals surface area contributed by atoms with Crippen molar-refractivity contribution in [2.45, 2.75) is 6.18 Å². The van der Waals surface area contributed by atoms with E-state index in [9.17, 15) is 22.4 Å². The van der Waals surface area contributed by atoms with Gasteiger partial charge in [-0.15, -0.1) is 0 Å². The summed E-state index contributed by atoms with van der Waals surface area (Å²) in [4.78, 5) is 12.6. The number of nitrogens with zero attached hydrogens (tertiary/aromatic N) is 2. The summed E-state index contributed by atoms with van der Waals surface area (Å²) in [5.74, 6) is -0.258. The maximum atomic E-state index is 13.0. The summed E-state index contributed by atoms with van der Waals surface area (Å²) < 4.78 is 58.4. The molecule has 6 nitrogen and oxygen atoms in total. The lowest BCUT2D eigenvalue weighted by Gasteiger charge is -2.15. The molecule has 1 amide bonds. The maximum absolute atomic E-state index is 13.0. The van der Waals surface area contributed by atoms with Crippen LogP contribution in [0.2, 0.25) is 5.02 Å². The average molecular weight is 485 g/mol. The number of hydrogen-bond acceptors (Lipinski definition) is 4. The van der Waals surface area contributed by atoms with Crippen LogP contribution in [0.4, 0.5) is 23.2 Å². The van der Waals surface area contributed by atoms with Gasteiger partial charge < -0.3 is 15.4 Å². The molecule has 0 aliphatic carbocycles. The summed E-state index contributed by atoms with van der Waals surface area (Å²) in [6, 6.07) is 8.92. The number of amides is 1. The van der Waals surface area contributed by atoms with Crippen LogP contribution >= 0.6 is 11.6 Å². The second kappa shape index (κ2) is 10.7. The highest BCUT2D eigenvalue weighted by atomic mass is 35.5. The van der Waals surface area contributed by atoms with Crippen LogP contribution in [-0.4, -0.2) is 42.1 Å². The van der Waals surface area contributed by atoms with Crippen molar-refractivity contribution < 1.29 is 27.1 Å². The Morgan fingerprint density at radius 3 is 2.64 bits per heavy atom. The molecule has 0 spiro atoms. The molecule has 0 bridgehead atoms. The Balaban J connectivity index is 1.86. The van der Waals surface area contributed by atoms with E-state index in [1.807, 2.05) is 0 Å². The van der Waals surface area contributed by atoms with Crippen LogP contribution in [-0.2, 0) is 13.2 Å². The molecule has 2 N–H and O–H groups in total. The number of alkyl halides is 4. The molecule has 0 radical (unpaired) electrons. The van der Waals surface area contributed by atoms with Crippen LogP contribution in [0.1, 0.15) is 15.9 Å². The predicted molar refractivity (Wildman–Crippen MR) is 117 cm³/mol. The van der Waals surface area contributed by atoms with Gasteiger partial charge >= 0.3 is 6.18 Å². The number of aromatic nitrogens is 2. The normalized spacial score (nSPS) is 11.5. The lowest BCUT2D eigenvalue weighted by molar-refractivity contribution is -0.137. The van der Waals surface area contributed by atoms with Crippen molar-refractivity contribution in [3.63, 3.8) is 0 Å². The Morgan fingerprint density at radius 2 is 1.97 bits per heavy atom. The topological polar surface area (TPSA) is 68.2 Å². The van der Waals surface area contributed by atoms with Gasteiger partial charge in [-0.05, 0) is 36.4 Å². The summed E-state index contributed by atoms with van der Waals surface area (Å²) in [6.45, 7) is 0.384. The minimum atomic E-state index is -4.56. The van der Waals surface area contributed by atoms with Gasteiger partial charge in [-0.2, -0.15) is 18.3 Å². The molecular formula is C22H21ClF4N4O2. The SMILES string of the molecule is Cn1ncc(Cl)c1-c1cc(NC(=O)c2cccc(C(F)(F)F)c2)ccc1OCCNCCF. The molecule has 3 aromatic rings. The zero-order chi connectivity index (χ0) is 24.0. The number of benzene rings is 2. The fourth-order valence-electron chi connectivity index (χ4n) is 3.10. The number of carbonyl (C=O) groups is 1.